The van der Waals surface area contributed by atoms with E-state index in [4.69, 9.17) is 9.47 Å². The molecule has 0 radical (unpaired) electrons. The van der Waals surface area contributed by atoms with Gasteiger partial charge in [-0.3, -0.25) is 0 Å². The van der Waals surface area contributed by atoms with Gasteiger partial charge in [-0.2, -0.15) is 0 Å². The maximum absolute atomic E-state index is 6.18. The van der Waals surface area contributed by atoms with Crippen LogP contribution in [0.2, 0.25) is 0 Å². The van der Waals surface area contributed by atoms with Gasteiger partial charge < -0.3 is 9.47 Å². The van der Waals surface area contributed by atoms with Gasteiger partial charge >= 0.3 is 0 Å². The van der Waals surface area contributed by atoms with Crippen LogP contribution >= 0.6 is 0 Å². The van der Waals surface area contributed by atoms with Crippen molar-refractivity contribution in [3.05, 3.63) is 108 Å². The third-order valence-electron chi connectivity index (χ3n) is 3.98. The minimum Gasteiger partial charge on any atom is -0.497 e. The van der Waals surface area contributed by atoms with Crippen LogP contribution in [0.5, 0.6) is 5.75 Å². The van der Waals surface area contributed by atoms with Gasteiger partial charge in [-0.25, -0.2) is 0 Å². The Morgan fingerprint density at radius 1 is 0.800 bits per heavy atom. The van der Waals surface area contributed by atoms with Crippen molar-refractivity contribution in [2.24, 2.45) is 0 Å². The van der Waals surface area contributed by atoms with Crippen molar-refractivity contribution in [1.82, 2.24) is 0 Å². The first kappa shape index (κ1) is 17.0. The third-order valence-corrected chi connectivity index (χ3v) is 3.98. The molecular weight excluding hydrogens is 308 g/mol. The highest BCUT2D eigenvalue weighted by Gasteiger charge is 2.08. The number of methoxy groups -OCH3 is 1. The fraction of sp³-hybridized carbons (Fsp3) is 0.130. The van der Waals surface area contributed by atoms with E-state index in [-0.39, 0.29) is 6.10 Å². The SMILES string of the molecule is COc1ccc(CO[C@@H](/C=C/c2ccccc2)c2ccccc2)cc1. The Balaban J connectivity index is 1.73. The third kappa shape index (κ3) is 5.07. The van der Waals surface area contributed by atoms with Crippen LogP contribution in [0.15, 0.2) is 91.0 Å². The van der Waals surface area contributed by atoms with Crippen molar-refractivity contribution in [1.29, 1.82) is 0 Å². The van der Waals surface area contributed by atoms with Gasteiger partial charge in [0.1, 0.15) is 11.9 Å². The zero-order chi connectivity index (χ0) is 17.3. The van der Waals surface area contributed by atoms with Crippen LogP contribution in [0, 0.1) is 0 Å². The normalized spacial score (nSPS) is 12.2. The maximum Gasteiger partial charge on any atom is 0.118 e. The maximum atomic E-state index is 6.18. The summed E-state index contributed by atoms with van der Waals surface area (Å²) in [6.45, 7) is 0.544. The van der Waals surface area contributed by atoms with Crippen molar-refractivity contribution in [2.75, 3.05) is 7.11 Å². The van der Waals surface area contributed by atoms with Crippen LogP contribution < -0.4 is 4.74 Å². The highest BCUT2D eigenvalue weighted by Crippen LogP contribution is 2.22. The van der Waals surface area contributed by atoms with Gasteiger partial charge in [0.05, 0.1) is 13.7 Å². The van der Waals surface area contributed by atoms with Gasteiger partial charge in [-0.1, -0.05) is 84.9 Å². The van der Waals surface area contributed by atoms with Crippen LogP contribution in [0.4, 0.5) is 0 Å². The lowest BCUT2D eigenvalue weighted by molar-refractivity contribution is 0.0723. The quantitative estimate of drug-likeness (QED) is 0.556. The molecule has 0 heterocycles. The molecule has 3 aromatic carbocycles. The van der Waals surface area contributed by atoms with Crippen LogP contribution in [0.25, 0.3) is 6.08 Å². The van der Waals surface area contributed by atoms with Crippen molar-refractivity contribution >= 4 is 6.08 Å². The topological polar surface area (TPSA) is 18.5 Å². The summed E-state index contributed by atoms with van der Waals surface area (Å²) in [4.78, 5) is 0. The molecule has 1 atom stereocenters. The van der Waals surface area contributed by atoms with Crippen LogP contribution in [0.1, 0.15) is 22.8 Å². The Kier molecular flexibility index (Phi) is 6.02. The van der Waals surface area contributed by atoms with Crippen molar-refractivity contribution in [3.63, 3.8) is 0 Å². The Hall–Kier alpha value is -2.84. The summed E-state index contributed by atoms with van der Waals surface area (Å²) in [5.41, 5.74) is 3.43. The van der Waals surface area contributed by atoms with Gasteiger partial charge in [0.25, 0.3) is 0 Å². The van der Waals surface area contributed by atoms with E-state index in [1.807, 2.05) is 60.7 Å². The average molecular weight is 330 g/mol. The van der Waals surface area contributed by atoms with E-state index < -0.39 is 0 Å². The second kappa shape index (κ2) is 8.86. The van der Waals surface area contributed by atoms with Crippen LogP contribution in [-0.2, 0) is 11.3 Å². The lowest BCUT2D eigenvalue weighted by Crippen LogP contribution is -2.02. The van der Waals surface area contributed by atoms with Gasteiger partial charge in [0.2, 0.25) is 0 Å². The molecule has 0 aromatic heterocycles. The molecule has 3 aromatic rings. The molecular formula is C23H22O2. The van der Waals surface area contributed by atoms with E-state index in [2.05, 4.69) is 36.4 Å². The summed E-state index contributed by atoms with van der Waals surface area (Å²) in [7, 11) is 1.67. The molecule has 0 amide bonds. The summed E-state index contributed by atoms with van der Waals surface area (Å²) in [6.07, 6.45) is 4.11. The average Bonchev–Trinajstić information content (AvgIpc) is 2.70. The summed E-state index contributed by atoms with van der Waals surface area (Å²) in [5, 5.41) is 0. The zero-order valence-electron chi connectivity index (χ0n) is 14.3. The monoisotopic (exact) mass is 330 g/mol. The summed E-state index contributed by atoms with van der Waals surface area (Å²) < 4.78 is 11.4. The number of ether oxygens (including phenoxy) is 2. The fourth-order valence-corrected chi connectivity index (χ4v) is 2.58. The highest BCUT2D eigenvalue weighted by molar-refractivity contribution is 5.50. The Morgan fingerprint density at radius 2 is 1.44 bits per heavy atom. The summed E-state index contributed by atoms with van der Waals surface area (Å²) in [6, 6.07) is 28.5. The highest BCUT2D eigenvalue weighted by atomic mass is 16.5. The predicted molar refractivity (Wildman–Crippen MR) is 102 cm³/mol. The van der Waals surface area contributed by atoms with Crippen LogP contribution in [-0.4, -0.2) is 7.11 Å². The number of hydrogen-bond acceptors (Lipinski definition) is 2. The van der Waals surface area contributed by atoms with E-state index >= 15 is 0 Å². The molecule has 0 aliphatic carbocycles. The zero-order valence-corrected chi connectivity index (χ0v) is 14.3. The molecule has 0 unspecified atom stereocenters. The molecule has 2 heteroatoms. The Morgan fingerprint density at radius 3 is 2.08 bits per heavy atom. The van der Waals surface area contributed by atoms with Crippen LogP contribution in [0.3, 0.4) is 0 Å². The first-order chi connectivity index (χ1) is 12.3. The van der Waals surface area contributed by atoms with E-state index in [1.165, 1.54) is 0 Å². The molecule has 0 fully saturated rings. The standard InChI is InChI=1S/C23H22O2/c1-24-22-15-12-20(13-16-22)18-25-23(21-10-6-3-7-11-21)17-14-19-8-4-2-5-9-19/h2-17,23H,18H2,1H3/b17-14+/t23-/m0/s1. The second-order valence-corrected chi connectivity index (χ2v) is 5.76. The lowest BCUT2D eigenvalue weighted by Gasteiger charge is -2.15. The van der Waals surface area contributed by atoms with E-state index in [1.54, 1.807) is 7.11 Å². The minimum absolute atomic E-state index is 0.0940. The Bertz CT molecular complexity index is 777. The van der Waals surface area contributed by atoms with Crippen molar-refractivity contribution in [2.45, 2.75) is 12.7 Å². The van der Waals surface area contributed by atoms with Gasteiger partial charge in [0.15, 0.2) is 0 Å². The molecule has 0 bridgehead atoms. The number of benzene rings is 3. The lowest BCUT2D eigenvalue weighted by atomic mass is 10.1. The molecule has 3 rings (SSSR count). The summed E-state index contributed by atoms with van der Waals surface area (Å²) in [5.74, 6) is 0.854. The minimum atomic E-state index is -0.0940. The van der Waals surface area contributed by atoms with Gasteiger partial charge in [-0.15, -0.1) is 0 Å². The number of rotatable bonds is 7. The molecule has 0 saturated carbocycles. The van der Waals surface area contributed by atoms with Crippen molar-refractivity contribution in [3.8, 4) is 5.75 Å². The predicted octanol–water partition coefficient (Wildman–Crippen LogP) is 5.67. The molecule has 0 saturated heterocycles. The molecule has 126 valence electrons. The number of hydrogen-bond donors (Lipinski definition) is 0. The van der Waals surface area contributed by atoms with Gasteiger partial charge in [-0.05, 0) is 28.8 Å². The van der Waals surface area contributed by atoms with Crippen molar-refractivity contribution < 1.29 is 9.47 Å². The molecule has 0 spiro atoms. The smallest absolute Gasteiger partial charge is 0.118 e. The van der Waals surface area contributed by atoms with E-state index in [0.29, 0.717) is 6.61 Å². The molecule has 0 aliphatic rings. The first-order valence-electron chi connectivity index (χ1n) is 8.38. The van der Waals surface area contributed by atoms with Gasteiger partial charge in [0, 0.05) is 0 Å². The molecule has 25 heavy (non-hydrogen) atoms. The van der Waals surface area contributed by atoms with E-state index in [9.17, 15) is 0 Å². The largest absolute Gasteiger partial charge is 0.497 e. The molecule has 0 N–H and O–H groups in total. The molecule has 2 nitrogen and oxygen atoms in total. The fourth-order valence-electron chi connectivity index (χ4n) is 2.58. The summed E-state index contributed by atoms with van der Waals surface area (Å²) >= 11 is 0. The first-order valence-corrected chi connectivity index (χ1v) is 8.38. The molecule has 0 aliphatic heterocycles. The Labute approximate surface area is 149 Å². The van der Waals surface area contributed by atoms with E-state index in [0.717, 1.165) is 22.4 Å². The second-order valence-electron chi connectivity index (χ2n) is 5.76.